The van der Waals surface area contributed by atoms with Gasteiger partial charge in [0.05, 0.1) is 20.6 Å². The van der Waals surface area contributed by atoms with Crippen molar-refractivity contribution in [2.24, 2.45) is 0 Å². The fraction of sp³-hybridized carbons (Fsp3) is 0. The molecule has 7 aromatic carbocycles. The maximum atomic E-state index is 9.62. The average molecular weight is 643 g/mol. The van der Waals surface area contributed by atoms with E-state index in [2.05, 4.69) is 9.97 Å². The van der Waals surface area contributed by atoms with Crippen LogP contribution in [0, 0.1) is 0 Å². The lowest BCUT2D eigenvalue weighted by Gasteiger charge is -2.11. The SMILES string of the molecule is [2H]c1c([2H])c([2H])c(-c2c([2H])c(-c3c([2H])c([2H])c(-c4nc(-c5ccccc5)nc(-c5ccc(-c6ccccc6)cc5)n4)c([2H])c3[2H])c([2H])c3oc4c([2H])c([2H])c([2H])c([2H])c4c23)c([2H])c1[2H]. The first-order valence-electron chi connectivity index (χ1n) is 22.6. The van der Waals surface area contributed by atoms with E-state index in [-0.39, 0.29) is 33.8 Å². The number of aromatic nitrogens is 3. The number of fused-ring (bicyclic) bond motifs is 3. The number of para-hydroxylation sites is 1. The molecule has 49 heavy (non-hydrogen) atoms. The van der Waals surface area contributed by atoms with Crippen LogP contribution in [0.25, 0.3) is 89.5 Å². The summed E-state index contributed by atoms with van der Waals surface area (Å²) in [6.07, 6.45) is 0. The second-order valence-corrected chi connectivity index (χ2v) is 10.9. The topological polar surface area (TPSA) is 51.8 Å². The van der Waals surface area contributed by atoms with E-state index in [9.17, 15) is 8.22 Å². The van der Waals surface area contributed by atoms with Crippen molar-refractivity contribution in [1.29, 1.82) is 0 Å². The molecule has 0 aliphatic rings. The van der Waals surface area contributed by atoms with E-state index >= 15 is 0 Å². The Balaban J connectivity index is 1.33. The number of rotatable bonds is 6. The van der Waals surface area contributed by atoms with E-state index in [1.165, 1.54) is 0 Å². The molecule has 2 aromatic heterocycles. The largest absolute Gasteiger partial charge is 0.456 e. The Kier molecular flexibility index (Phi) is 4.21. The molecular weight excluding hydrogens is 599 g/mol. The fourth-order valence-corrected chi connectivity index (χ4v) is 5.49. The molecule has 0 fully saturated rings. The first-order chi connectivity index (χ1) is 30.5. The smallest absolute Gasteiger partial charge is 0.164 e. The molecule has 2 heterocycles. The fourth-order valence-electron chi connectivity index (χ4n) is 5.49. The highest BCUT2D eigenvalue weighted by Crippen LogP contribution is 2.40. The van der Waals surface area contributed by atoms with Crippen LogP contribution in [0.3, 0.4) is 0 Å². The van der Waals surface area contributed by atoms with Gasteiger partial charge in [-0.15, -0.1) is 0 Å². The molecule has 0 unspecified atom stereocenters. The van der Waals surface area contributed by atoms with Crippen molar-refractivity contribution in [1.82, 2.24) is 15.0 Å². The lowest BCUT2D eigenvalue weighted by Crippen LogP contribution is -2.00. The van der Waals surface area contributed by atoms with Crippen LogP contribution in [0.2, 0.25) is 0 Å². The summed E-state index contributed by atoms with van der Waals surface area (Å²) < 4.78 is 139. The van der Waals surface area contributed by atoms with Crippen molar-refractivity contribution in [3.63, 3.8) is 0 Å². The second-order valence-electron chi connectivity index (χ2n) is 10.9. The van der Waals surface area contributed by atoms with Gasteiger partial charge in [0.1, 0.15) is 11.2 Å². The van der Waals surface area contributed by atoms with Crippen molar-refractivity contribution in [3.05, 3.63) is 176 Å². The summed E-state index contributed by atoms with van der Waals surface area (Å²) in [5, 5.41) is -0.671. The molecule has 0 radical (unpaired) electrons. The minimum absolute atomic E-state index is 0.166. The minimum Gasteiger partial charge on any atom is -0.456 e. The molecule has 4 nitrogen and oxygen atoms in total. The van der Waals surface area contributed by atoms with Crippen LogP contribution in [-0.4, -0.2) is 15.0 Å². The monoisotopic (exact) mass is 642 g/mol. The van der Waals surface area contributed by atoms with Crippen molar-refractivity contribution in [2.45, 2.75) is 0 Å². The summed E-state index contributed by atoms with van der Waals surface area (Å²) in [5.74, 6) is 0.120. The lowest BCUT2D eigenvalue weighted by atomic mass is 9.94. The van der Waals surface area contributed by atoms with E-state index in [1.54, 1.807) is 30.3 Å². The molecule has 9 aromatic rings. The average Bonchev–Trinajstić information content (AvgIpc) is 3.72. The summed E-state index contributed by atoms with van der Waals surface area (Å²) in [6, 6.07) is 15.0. The van der Waals surface area contributed by atoms with Gasteiger partial charge in [-0.3, -0.25) is 0 Å². The highest BCUT2D eigenvalue weighted by Gasteiger charge is 2.16. The first-order valence-corrected chi connectivity index (χ1v) is 15.1. The molecule has 230 valence electrons. The third-order valence-corrected chi connectivity index (χ3v) is 7.84. The van der Waals surface area contributed by atoms with E-state index in [0.29, 0.717) is 11.1 Å². The third kappa shape index (κ3) is 5.45. The Hall–Kier alpha value is -6.65. The second kappa shape index (κ2) is 12.2. The summed E-state index contributed by atoms with van der Waals surface area (Å²) in [5.41, 5.74) is -0.515. The third-order valence-electron chi connectivity index (χ3n) is 7.84. The van der Waals surface area contributed by atoms with E-state index in [4.69, 9.17) is 21.7 Å². The van der Waals surface area contributed by atoms with Crippen molar-refractivity contribution in [2.75, 3.05) is 0 Å². The Morgan fingerprint density at radius 3 is 1.61 bits per heavy atom. The molecular formula is C45H29N3O. The van der Waals surface area contributed by atoms with Crippen molar-refractivity contribution < 1.29 is 25.0 Å². The van der Waals surface area contributed by atoms with Gasteiger partial charge >= 0.3 is 0 Å². The Morgan fingerprint density at radius 1 is 0.388 bits per heavy atom. The summed E-state index contributed by atoms with van der Waals surface area (Å²) >= 11 is 0. The molecule has 0 saturated heterocycles. The predicted molar refractivity (Wildman–Crippen MR) is 200 cm³/mol. The molecule has 0 amide bonds. The number of benzene rings is 7. The van der Waals surface area contributed by atoms with Crippen LogP contribution in [0.1, 0.15) is 20.6 Å². The van der Waals surface area contributed by atoms with Gasteiger partial charge in [0.15, 0.2) is 17.5 Å². The molecule has 0 aliphatic carbocycles. The van der Waals surface area contributed by atoms with Crippen LogP contribution in [0.4, 0.5) is 0 Å². The molecule has 4 heteroatoms. The van der Waals surface area contributed by atoms with E-state index < -0.39 is 124 Å². The number of nitrogens with zero attached hydrogens (tertiary/aromatic N) is 3. The van der Waals surface area contributed by atoms with Crippen molar-refractivity contribution in [3.8, 4) is 67.5 Å². The number of furan rings is 1. The van der Waals surface area contributed by atoms with Gasteiger partial charge in [0.25, 0.3) is 0 Å². The quantitative estimate of drug-likeness (QED) is 0.181. The maximum absolute atomic E-state index is 9.62. The zero-order valence-corrected chi connectivity index (χ0v) is 25.3. The summed E-state index contributed by atoms with van der Waals surface area (Å²) in [6.45, 7) is 0. The minimum atomic E-state index is -0.790. The van der Waals surface area contributed by atoms with Crippen molar-refractivity contribution >= 4 is 21.9 Å². The first kappa shape index (κ1) is 17.0. The van der Waals surface area contributed by atoms with Gasteiger partial charge in [0.2, 0.25) is 0 Å². The summed E-state index contributed by atoms with van der Waals surface area (Å²) in [4.78, 5) is 14.0. The number of hydrogen-bond donors (Lipinski definition) is 0. The molecule has 0 bridgehead atoms. The highest BCUT2D eigenvalue weighted by molar-refractivity contribution is 6.13. The lowest BCUT2D eigenvalue weighted by molar-refractivity contribution is 0.669. The maximum Gasteiger partial charge on any atom is 0.164 e. The highest BCUT2D eigenvalue weighted by atomic mass is 16.3. The molecule has 0 N–H and O–H groups in total. The van der Waals surface area contributed by atoms with Gasteiger partial charge in [-0.25, -0.2) is 15.0 Å². The van der Waals surface area contributed by atoms with Gasteiger partial charge in [-0.05, 0) is 51.5 Å². The molecule has 0 atom stereocenters. The Bertz CT molecular complexity index is 3380. The molecule has 0 aliphatic heterocycles. The number of hydrogen-bond acceptors (Lipinski definition) is 4. The van der Waals surface area contributed by atoms with Crippen LogP contribution in [0.5, 0.6) is 0 Å². The van der Waals surface area contributed by atoms with E-state index in [1.807, 2.05) is 54.6 Å². The Labute approximate surface area is 305 Å². The van der Waals surface area contributed by atoms with Crippen LogP contribution in [-0.2, 0) is 0 Å². The normalized spacial score (nSPS) is 15.6. The zero-order chi connectivity index (χ0) is 45.6. The predicted octanol–water partition coefficient (Wildman–Crippen LogP) is 11.8. The van der Waals surface area contributed by atoms with Gasteiger partial charge in [-0.2, -0.15) is 0 Å². The van der Waals surface area contributed by atoms with Gasteiger partial charge in [0, 0.05) is 27.5 Å². The van der Waals surface area contributed by atoms with Gasteiger partial charge in [-0.1, -0.05) is 157 Å². The van der Waals surface area contributed by atoms with E-state index in [0.717, 1.165) is 11.1 Å². The molecule has 0 spiro atoms. The van der Waals surface area contributed by atoms with Crippen LogP contribution in [0.15, 0.2) is 180 Å². The van der Waals surface area contributed by atoms with Crippen LogP contribution >= 0.6 is 0 Å². The standard InChI is InChI=1S/C45H29N3O/c1-4-12-30(13-5-1)31-20-24-35(25-21-31)44-46-43(34-16-8-3-9-17-34)47-45(48-44)36-26-22-32(23-27-36)37-28-39(33-14-6-2-7-15-33)42-38-18-10-11-19-40(38)49-41(42)29-37/h1-29H/i2D,6D,7D,10D,11D,14D,15D,18D,19D,22D,23D,26D,27D,28D,29D. The van der Waals surface area contributed by atoms with Crippen LogP contribution < -0.4 is 0 Å². The zero-order valence-electron chi connectivity index (χ0n) is 40.3. The summed E-state index contributed by atoms with van der Waals surface area (Å²) in [7, 11) is 0. The molecule has 9 rings (SSSR count). The Morgan fingerprint density at radius 2 is 0.918 bits per heavy atom. The molecule has 0 saturated carbocycles. The van der Waals surface area contributed by atoms with Gasteiger partial charge < -0.3 is 4.42 Å².